The number of aliphatic carboxylic acids is 4. The summed E-state index contributed by atoms with van der Waals surface area (Å²) < 4.78 is 0. The fraction of sp³-hybridized carbons (Fsp3) is 0.615. The Morgan fingerprint density at radius 3 is 1.29 bits per heavy atom. The topological polar surface area (TPSA) is 296 Å². The maximum atomic E-state index is 10.1. The Hall–Kier alpha value is -2.46. The molecule has 0 radical (unpaired) electrons. The largest absolute Gasteiger partial charge is 0.480 e. The number of amides is 1. The molecule has 0 aromatic rings. The van der Waals surface area contributed by atoms with Crippen LogP contribution in [0.5, 0.6) is 0 Å². The first kappa shape index (κ1) is 33.1. The van der Waals surface area contributed by atoms with Crippen molar-refractivity contribution in [2.45, 2.75) is 24.9 Å². The second-order valence-electron chi connectivity index (χ2n) is 4.54. The lowest BCUT2D eigenvalue weighted by Gasteiger charge is -2.02. The summed E-state index contributed by atoms with van der Waals surface area (Å²) in [6.45, 7) is -0.556. The standard InChI is InChI=1S/C5H11NO2S.C4H8N2O3.2C2H5NO2/c1-9-3-2-4(6)5(7)8;5-2(4(8)9)1-3(6)7;2*3-1-2(4)5/h4H,2-3,6H2,1H3,(H,7,8);2H,1,5H2,(H2,6,7)(H,8,9);2*1,3H2,(H,4,5)/t4-;2-;;/m00../s1. The van der Waals surface area contributed by atoms with Crippen LogP contribution in [0.1, 0.15) is 12.8 Å². The molecule has 0 spiro atoms. The Morgan fingerprint density at radius 2 is 1.14 bits per heavy atom. The van der Waals surface area contributed by atoms with Crippen LogP contribution in [-0.2, 0) is 24.0 Å². The maximum Gasteiger partial charge on any atom is 0.321 e. The molecular formula is C13H29N5O9S. The molecule has 1 amide bonds. The zero-order chi connectivity index (χ0) is 23.3. The molecule has 0 rings (SSSR count). The molecule has 2 atom stereocenters. The van der Waals surface area contributed by atoms with Crippen molar-refractivity contribution in [2.24, 2.45) is 28.7 Å². The van der Waals surface area contributed by atoms with Crippen molar-refractivity contribution < 1.29 is 44.4 Å². The molecule has 15 heteroatoms. The summed E-state index contributed by atoms with van der Waals surface area (Å²) in [5, 5.41) is 31.6. The van der Waals surface area contributed by atoms with Crippen molar-refractivity contribution >= 4 is 41.5 Å². The van der Waals surface area contributed by atoms with E-state index in [2.05, 4.69) is 17.2 Å². The molecule has 0 bridgehead atoms. The summed E-state index contributed by atoms with van der Waals surface area (Å²) in [5.41, 5.74) is 23.9. The van der Waals surface area contributed by atoms with Crippen molar-refractivity contribution in [3.63, 3.8) is 0 Å². The summed E-state index contributed by atoms with van der Waals surface area (Å²) in [4.78, 5) is 48.5. The van der Waals surface area contributed by atoms with E-state index in [1.807, 2.05) is 6.26 Å². The van der Waals surface area contributed by atoms with Gasteiger partial charge in [-0.25, -0.2) is 0 Å². The van der Waals surface area contributed by atoms with Crippen molar-refractivity contribution in [1.82, 2.24) is 0 Å². The lowest BCUT2D eigenvalue weighted by Crippen LogP contribution is -2.34. The van der Waals surface area contributed by atoms with E-state index in [1.165, 1.54) is 0 Å². The van der Waals surface area contributed by atoms with Gasteiger partial charge in [0, 0.05) is 0 Å². The van der Waals surface area contributed by atoms with Gasteiger partial charge in [0.25, 0.3) is 0 Å². The molecule has 14 nitrogen and oxygen atoms in total. The van der Waals surface area contributed by atoms with Gasteiger partial charge in [0.15, 0.2) is 0 Å². The fourth-order valence-corrected chi connectivity index (χ4v) is 1.16. The highest BCUT2D eigenvalue weighted by molar-refractivity contribution is 7.98. The third kappa shape index (κ3) is 38.9. The van der Waals surface area contributed by atoms with Crippen molar-refractivity contribution in [1.29, 1.82) is 0 Å². The normalized spacial score (nSPS) is 10.9. The van der Waals surface area contributed by atoms with E-state index in [1.54, 1.807) is 11.8 Å². The number of carbonyl (C=O) groups excluding carboxylic acids is 1. The van der Waals surface area contributed by atoms with Crippen LogP contribution in [0.3, 0.4) is 0 Å². The first-order valence-electron chi connectivity index (χ1n) is 7.34. The summed E-state index contributed by atoms with van der Waals surface area (Å²) in [5.74, 6) is -3.95. The third-order valence-electron chi connectivity index (χ3n) is 2.04. The average Bonchev–Trinajstić information content (AvgIpc) is 2.60. The van der Waals surface area contributed by atoms with Gasteiger partial charge in [-0.3, -0.25) is 24.0 Å². The fourth-order valence-electron chi connectivity index (χ4n) is 0.672. The van der Waals surface area contributed by atoms with Gasteiger partial charge in [-0.2, -0.15) is 11.8 Å². The lowest BCUT2D eigenvalue weighted by molar-refractivity contribution is -0.140. The molecule has 0 saturated carbocycles. The number of primary amides is 1. The van der Waals surface area contributed by atoms with Gasteiger partial charge in [0.05, 0.1) is 19.5 Å². The van der Waals surface area contributed by atoms with E-state index in [9.17, 15) is 24.0 Å². The Bertz CT molecular complexity index is 465. The van der Waals surface area contributed by atoms with Gasteiger partial charge in [-0.1, -0.05) is 0 Å². The zero-order valence-electron chi connectivity index (χ0n) is 15.3. The van der Waals surface area contributed by atoms with Gasteiger partial charge in [0.1, 0.15) is 12.1 Å². The van der Waals surface area contributed by atoms with Gasteiger partial charge in [-0.15, -0.1) is 0 Å². The first-order valence-corrected chi connectivity index (χ1v) is 8.73. The smallest absolute Gasteiger partial charge is 0.321 e. The van der Waals surface area contributed by atoms with E-state index in [-0.39, 0.29) is 19.5 Å². The SMILES string of the molecule is CSCC[C@H](N)C(=O)O.NC(=O)C[C@H](N)C(=O)O.NCC(=O)O.NCC(=O)O. The summed E-state index contributed by atoms with van der Waals surface area (Å²) >= 11 is 1.60. The third-order valence-corrected chi connectivity index (χ3v) is 2.68. The number of carbonyl (C=O) groups is 5. The van der Waals surface area contributed by atoms with E-state index >= 15 is 0 Å². The molecule has 166 valence electrons. The average molecular weight is 431 g/mol. The van der Waals surface area contributed by atoms with Crippen molar-refractivity contribution in [2.75, 3.05) is 25.1 Å². The van der Waals surface area contributed by atoms with Gasteiger partial charge >= 0.3 is 23.9 Å². The zero-order valence-corrected chi connectivity index (χ0v) is 16.1. The molecule has 28 heavy (non-hydrogen) atoms. The highest BCUT2D eigenvalue weighted by Gasteiger charge is 2.13. The summed E-state index contributed by atoms with van der Waals surface area (Å²) in [6.07, 6.45) is 2.17. The van der Waals surface area contributed by atoms with Crippen molar-refractivity contribution in [3.8, 4) is 0 Å². The molecule has 0 aromatic heterocycles. The highest BCUT2D eigenvalue weighted by atomic mass is 32.2. The predicted molar refractivity (Wildman–Crippen MR) is 101 cm³/mol. The molecule has 0 aliphatic carbocycles. The van der Waals surface area contributed by atoms with Crippen LogP contribution in [0.15, 0.2) is 0 Å². The number of hydrogen-bond donors (Lipinski definition) is 9. The van der Waals surface area contributed by atoms with Crippen LogP contribution in [0, 0.1) is 0 Å². The number of hydrogen-bond acceptors (Lipinski definition) is 10. The second-order valence-corrected chi connectivity index (χ2v) is 5.52. The highest BCUT2D eigenvalue weighted by Crippen LogP contribution is 1.97. The quantitative estimate of drug-likeness (QED) is 0.171. The van der Waals surface area contributed by atoms with Crippen LogP contribution in [0.4, 0.5) is 0 Å². The second kappa shape index (κ2) is 22.6. The van der Waals surface area contributed by atoms with E-state index < -0.39 is 41.9 Å². The monoisotopic (exact) mass is 431 g/mol. The number of rotatable bonds is 9. The Morgan fingerprint density at radius 1 is 0.821 bits per heavy atom. The maximum absolute atomic E-state index is 10.1. The molecule has 14 N–H and O–H groups in total. The predicted octanol–water partition coefficient (Wildman–Crippen LogP) is -3.52. The minimum Gasteiger partial charge on any atom is -0.480 e. The molecule has 0 saturated heterocycles. The minimum atomic E-state index is -1.21. The Balaban J connectivity index is -0.000000143. The van der Waals surface area contributed by atoms with Crippen LogP contribution >= 0.6 is 11.8 Å². The van der Waals surface area contributed by atoms with Crippen molar-refractivity contribution in [3.05, 3.63) is 0 Å². The van der Waals surface area contributed by atoms with Crippen LogP contribution < -0.4 is 28.7 Å². The summed E-state index contributed by atoms with van der Waals surface area (Å²) in [7, 11) is 0. The molecule has 0 aromatic carbocycles. The molecule has 0 aliphatic rings. The van der Waals surface area contributed by atoms with Gasteiger partial charge < -0.3 is 49.1 Å². The lowest BCUT2D eigenvalue weighted by atomic mass is 10.2. The number of thioether (sulfide) groups is 1. The number of nitrogens with two attached hydrogens (primary N) is 5. The number of carboxylic acids is 4. The first-order chi connectivity index (χ1) is 12.8. The van der Waals surface area contributed by atoms with Crippen LogP contribution in [0.25, 0.3) is 0 Å². The van der Waals surface area contributed by atoms with E-state index in [0.717, 1.165) is 5.75 Å². The van der Waals surface area contributed by atoms with E-state index in [0.29, 0.717) is 6.42 Å². The Labute approximate surface area is 165 Å². The number of carboxylic acid groups (broad SMARTS) is 4. The minimum absolute atomic E-state index is 0.278. The van der Waals surface area contributed by atoms with Gasteiger partial charge in [0.2, 0.25) is 5.91 Å². The van der Waals surface area contributed by atoms with Crippen LogP contribution in [-0.4, -0.2) is 87.4 Å². The van der Waals surface area contributed by atoms with Crippen LogP contribution in [0.2, 0.25) is 0 Å². The van der Waals surface area contributed by atoms with Gasteiger partial charge in [-0.05, 0) is 18.4 Å². The summed E-state index contributed by atoms with van der Waals surface area (Å²) in [6, 6.07) is -1.85. The molecule has 0 aliphatic heterocycles. The molecule has 0 heterocycles. The molecule has 0 fully saturated rings. The van der Waals surface area contributed by atoms with E-state index in [4.69, 9.17) is 31.9 Å². The molecule has 0 unspecified atom stereocenters. The Kier molecular flexibility index (Phi) is 26.7. The molecular weight excluding hydrogens is 402 g/mol.